The van der Waals surface area contributed by atoms with Gasteiger partial charge in [-0.1, -0.05) is 12.1 Å². The first-order valence-corrected chi connectivity index (χ1v) is 8.79. The average Bonchev–Trinajstić information content (AvgIpc) is 3.17. The van der Waals surface area contributed by atoms with Crippen LogP contribution < -0.4 is 4.90 Å². The molecule has 5 rings (SSSR count). The van der Waals surface area contributed by atoms with Gasteiger partial charge in [-0.15, -0.1) is 0 Å². The standard InChI is InChI=1S/C20H19FN2O2/c21-15-3-1-2-12(9-15)14-8-13-4-7-23-18-5-6-22(20(24)25)11-17(18)16(10-14)19(13)23/h1-3,8-10,17-18H,4-7,11H2,(H,24,25)/t17-,18-/m1/s1. The number of fused-ring (bicyclic) bond motifs is 3. The lowest BCUT2D eigenvalue weighted by atomic mass is 9.86. The summed E-state index contributed by atoms with van der Waals surface area (Å²) >= 11 is 0. The van der Waals surface area contributed by atoms with Gasteiger partial charge >= 0.3 is 6.09 Å². The first-order chi connectivity index (χ1) is 12.1. The number of piperidine rings is 1. The molecule has 1 saturated heterocycles. The van der Waals surface area contributed by atoms with Crippen molar-refractivity contribution in [1.29, 1.82) is 0 Å². The van der Waals surface area contributed by atoms with Crippen LogP contribution in [0.25, 0.3) is 11.1 Å². The van der Waals surface area contributed by atoms with Crippen molar-refractivity contribution in [3.05, 3.63) is 53.3 Å². The summed E-state index contributed by atoms with van der Waals surface area (Å²) in [6.45, 7) is 2.16. The summed E-state index contributed by atoms with van der Waals surface area (Å²) in [5, 5.41) is 9.37. The molecule has 2 aromatic rings. The molecule has 2 atom stereocenters. The van der Waals surface area contributed by atoms with Gasteiger partial charge in [-0.05, 0) is 59.4 Å². The molecule has 1 fully saturated rings. The van der Waals surface area contributed by atoms with E-state index in [-0.39, 0.29) is 11.7 Å². The molecule has 0 saturated carbocycles. The minimum Gasteiger partial charge on any atom is -0.465 e. The Morgan fingerprint density at radius 2 is 2.04 bits per heavy atom. The largest absolute Gasteiger partial charge is 0.465 e. The van der Waals surface area contributed by atoms with Gasteiger partial charge in [0.15, 0.2) is 0 Å². The van der Waals surface area contributed by atoms with Crippen LogP contribution >= 0.6 is 0 Å². The molecule has 128 valence electrons. The molecule has 0 aliphatic carbocycles. The third-order valence-corrected chi connectivity index (χ3v) is 5.93. The predicted molar refractivity (Wildman–Crippen MR) is 93.6 cm³/mol. The number of carboxylic acid groups (broad SMARTS) is 1. The van der Waals surface area contributed by atoms with Crippen molar-refractivity contribution in [2.24, 2.45) is 0 Å². The first kappa shape index (κ1) is 14.8. The lowest BCUT2D eigenvalue weighted by molar-refractivity contribution is 0.127. The normalized spacial score (nSPS) is 23.6. The molecule has 3 heterocycles. The lowest BCUT2D eigenvalue weighted by Gasteiger charge is -2.37. The number of anilines is 1. The Bertz CT molecular complexity index is 882. The molecular formula is C20H19FN2O2. The number of amides is 1. The van der Waals surface area contributed by atoms with Crippen molar-refractivity contribution in [1.82, 2.24) is 4.90 Å². The molecule has 4 nitrogen and oxygen atoms in total. The van der Waals surface area contributed by atoms with Crippen molar-refractivity contribution in [2.45, 2.75) is 24.8 Å². The molecule has 1 amide bonds. The molecule has 0 bridgehead atoms. The lowest BCUT2D eigenvalue weighted by Crippen LogP contribution is -2.47. The highest BCUT2D eigenvalue weighted by Crippen LogP contribution is 2.50. The molecule has 0 radical (unpaired) electrons. The van der Waals surface area contributed by atoms with Gasteiger partial charge < -0.3 is 14.9 Å². The number of halogens is 1. The average molecular weight is 338 g/mol. The van der Waals surface area contributed by atoms with Gasteiger partial charge in [0.05, 0.1) is 0 Å². The number of nitrogens with zero attached hydrogens (tertiary/aromatic N) is 2. The van der Waals surface area contributed by atoms with Gasteiger partial charge in [0.2, 0.25) is 0 Å². The summed E-state index contributed by atoms with van der Waals surface area (Å²) in [6, 6.07) is 11.4. The van der Waals surface area contributed by atoms with E-state index >= 15 is 0 Å². The smallest absolute Gasteiger partial charge is 0.407 e. The summed E-state index contributed by atoms with van der Waals surface area (Å²) in [5.41, 5.74) is 5.77. The SMILES string of the molecule is O=C(O)N1CC[C@@H]2[C@H](C1)c1cc(-c3cccc(F)c3)cc3c1N2CC3. The zero-order valence-corrected chi connectivity index (χ0v) is 13.8. The van der Waals surface area contributed by atoms with E-state index in [4.69, 9.17) is 0 Å². The second kappa shape index (κ2) is 5.22. The van der Waals surface area contributed by atoms with Crippen LogP contribution in [-0.4, -0.2) is 41.8 Å². The minimum absolute atomic E-state index is 0.215. The van der Waals surface area contributed by atoms with E-state index in [1.54, 1.807) is 12.1 Å². The van der Waals surface area contributed by atoms with Gasteiger partial charge in [-0.3, -0.25) is 0 Å². The maximum absolute atomic E-state index is 13.6. The predicted octanol–water partition coefficient (Wildman–Crippen LogP) is 3.70. The highest BCUT2D eigenvalue weighted by molar-refractivity contribution is 5.78. The van der Waals surface area contributed by atoms with Crippen LogP contribution in [0.5, 0.6) is 0 Å². The molecule has 0 spiro atoms. The number of hydrogen-bond donors (Lipinski definition) is 1. The molecule has 0 aromatic heterocycles. The van der Waals surface area contributed by atoms with Gasteiger partial charge in [-0.2, -0.15) is 0 Å². The van der Waals surface area contributed by atoms with E-state index in [1.165, 1.54) is 27.8 Å². The monoisotopic (exact) mass is 338 g/mol. The quantitative estimate of drug-likeness (QED) is 0.862. The van der Waals surface area contributed by atoms with Gasteiger partial charge in [0.25, 0.3) is 0 Å². The molecule has 25 heavy (non-hydrogen) atoms. The van der Waals surface area contributed by atoms with Crippen LogP contribution in [0.3, 0.4) is 0 Å². The fourth-order valence-corrected chi connectivity index (χ4v) is 4.85. The van der Waals surface area contributed by atoms with E-state index in [2.05, 4.69) is 17.0 Å². The number of rotatable bonds is 1. The summed E-state index contributed by atoms with van der Waals surface area (Å²) in [7, 11) is 0. The van der Waals surface area contributed by atoms with E-state index < -0.39 is 6.09 Å². The van der Waals surface area contributed by atoms with Gasteiger partial charge in [0, 0.05) is 37.3 Å². The van der Waals surface area contributed by atoms with Crippen molar-refractivity contribution >= 4 is 11.8 Å². The summed E-state index contributed by atoms with van der Waals surface area (Å²) in [6.07, 6.45) is 1.05. The van der Waals surface area contributed by atoms with Crippen molar-refractivity contribution < 1.29 is 14.3 Å². The molecule has 2 aromatic carbocycles. The minimum atomic E-state index is -0.836. The van der Waals surface area contributed by atoms with E-state index in [9.17, 15) is 14.3 Å². The van der Waals surface area contributed by atoms with E-state index in [1.807, 2.05) is 6.07 Å². The van der Waals surface area contributed by atoms with Crippen molar-refractivity contribution in [2.75, 3.05) is 24.5 Å². The fourth-order valence-electron chi connectivity index (χ4n) is 4.85. The topological polar surface area (TPSA) is 43.8 Å². The Kier molecular flexibility index (Phi) is 3.08. The summed E-state index contributed by atoms with van der Waals surface area (Å²) in [5.74, 6) is -0.0175. The Hall–Kier alpha value is -2.56. The van der Waals surface area contributed by atoms with E-state index in [0.717, 1.165) is 30.5 Å². The first-order valence-electron chi connectivity index (χ1n) is 8.79. The second-order valence-electron chi connectivity index (χ2n) is 7.22. The summed E-state index contributed by atoms with van der Waals surface area (Å²) < 4.78 is 13.6. The third kappa shape index (κ3) is 2.15. The molecule has 5 heteroatoms. The number of hydrogen-bond acceptors (Lipinski definition) is 2. The van der Waals surface area contributed by atoms with Crippen LogP contribution in [0.4, 0.5) is 14.9 Å². The van der Waals surface area contributed by atoms with Crippen molar-refractivity contribution in [3.63, 3.8) is 0 Å². The number of benzene rings is 2. The zero-order valence-electron chi connectivity index (χ0n) is 13.8. The highest BCUT2D eigenvalue weighted by atomic mass is 19.1. The van der Waals surface area contributed by atoms with Crippen LogP contribution in [0.1, 0.15) is 23.5 Å². The van der Waals surface area contributed by atoms with Crippen LogP contribution in [0.15, 0.2) is 36.4 Å². The second-order valence-corrected chi connectivity index (χ2v) is 7.22. The summed E-state index contributed by atoms with van der Waals surface area (Å²) in [4.78, 5) is 15.4. The van der Waals surface area contributed by atoms with Crippen LogP contribution in [-0.2, 0) is 6.42 Å². The van der Waals surface area contributed by atoms with E-state index in [0.29, 0.717) is 19.1 Å². The molecule has 1 N–H and O–H groups in total. The van der Waals surface area contributed by atoms with Gasteiger partial charge in [-0.25, -0.2) is 9.18 Å². The zero-order chi connectivity index (χ0) is 17.1. The van der Waals surface area contributed by atoms with Crippen LogP contribution in [0.2, 0.25) is 0 Å². The Morgan fingerprint density at radius 3 is 2.84 bits per heavy atom. The number of carbonyl (C=O) groups is 1. The molecular weight excluding hydrogens is 319 g/mol. The maximum Gasteiger partial charge on any atom is 0.407 e. The van der Waals surface area contributed by atoms with Gasteiger partial charge in [0.1, 0.15) is 5.82 Å². The Labute approximate surface area is 145 Å². The van der Waals surface area contributed by atoms with Crippen molar-refractivity contribution in [3.8, 4) is 11.1 Å². The Morgan fingerprint density at radius 1 is 1.16 bits per heavy atom. The molecule has 0 unspecified atom stereocenters. The highest BCUT2D eigenvalue weighted by Gasteiger charge is 2.45. The molecule has 3 aliphatic rings. The number of likely N-dealkylation sites (tertiary alicyclic amines) is 1. The maximum atomic E-state index is 13.6. The van der Waals surface area contributed by atoms with Crippen LogP contribution in [0, 0.1) is 5.82 Å². The third-order valence-electron chi connectivity index (χ3n) is 5.93. The fraction of sp³-hybridized carbons (Fsp3) is 0.350. The Balaban J connectivity index is 1.61. The molecule has 3 aliphatic heterocycles.